The number of nitrogens with one attached hydrogen (secondary N) is 2. The van der Waals surface area contributed by atoms with Gasteiger partial charge in [-0.25, -0.2) is 0 Å². The second-order valence-corrected chi connectivity index (χ2v) is 5.84. The summed E-state index contributed by atoms with van der Waals surface area (Å²) in [4.78, 5) is 14.0. The fourth-order valence-electron chi connectivity index (χ4n) is 3.24. The third kappa shape index (κ3) is 3.56. The van der Waals surface area contributed by atoms with Crippen molar-refractivity contribution in [3.63, 3.8) is 0 Å². The van der Waals surface area contributed by atoms with Crippen LogP contribution in [0.15, 0.2) is 47.1 Å². The van der Waals surface area contributed by atoms with Crippen LogP contribution < -0.4 is 15.0 Å². The fourth-order valence-corrected chi connectivity index (χ4v) is 3.24. The maximum atomic E-state index is 12.5. The molecular formula is C18H23N2O3+. The second kappa shape index (κ2) is 7.33. The maximum Gasteiger partial charge on any atom is 0.255 e. The number of para-hydroxylation sites is 1. The lowest BCUT2D eigenvalue weighted by Gasteiger charge is -2.23. The molecule has 0 unspecified atom stereocenters. The molecular weight excluding hydrogens is 292 g/mol. The van der Waals surface area contributed by atoms with Gasteiger partial charge >= 0.3 is 0 Å². The zero-order valence-corrected chi connectivity index (χ0v) is 13.4. The summed E-state index contributed by atoms with van der Waals surface area (Å²) in [6.45, 7) is 2.80. The van der Waals surface area contributed by atoms with Crippen LogP contribution in [-0.4, -0.2) is 32.7 Å². The molecule has 0 bridgehead atoms. The van der Waals surface area contributed by atoms with E-state index in [9.17, 15) is 4.79 Å². The van der Waals surface area contributed by atoms with Gasteiger partial charge in [0.05, 0.1) is 38.6 Å². The smallest absolute Gasteiger partial charge is 0.255 e. The van der Waals surface area contributed by atoms with Gasteiger partial charge < -0.3 is 19.4 Å². The van der Waals surface area contributed by atoms with Gasteiger partial charge in [-0.05, 0) is 24.3 Å². The number of furan rings is 1. The maximum absolute atomic E-state index is 12.5. The van der Waals surface area contributed by atoms with Crippen LogP contribution in [0.3, 0.4) is 0 Å². The van der Waals surface area contributed by atoms with Crippen molar-refractivity contribution in [2.45, 2.75) is 18.9 Å². The van der Waals surface area contributed by atoms with Gasteiger partial charge in [-0.2, -0.15) is 0 Å². The number of ether oxygens (including phenoxy) is 1. The number of hydrogen-bond donors (Lipinski definition) is 2. The molecule has 1 aromatic carbocycles. The lowest BCUT2D eigenvalue weighted by Crippen LogP contribution is -3.11. The first kappa shape index (κ1) is 15.6. The summed E-state index contributed by atoms with van der Waals surface area (Å²) in [7, 11) is 1.58. The molecule has 1 aliphatic rings. The van der Waals surface area contributed by atoms with E-state index >= 15 is 0 Å². The summed E-state index contributed by atoms with van der Waals surface area (Å²) in [6, 6.07) is 11.3. The highest BCUT2D eigenvalue weighted by atomic mass is 16.5. The van der Waals surface area contributed by atoms with Gasteiger partial charge in [0, 0.05) is 12.8 Å². The van der Waals surface area contributed by atoms with Crippen molar-refractivity contribution < 1.29 is 18.8 Å². The summed E-state index contributed by atoms with van der Waals surface area (Å²) in [5.74, 6) is 1.41. The van der Waals surface area contributed by atoms with Gasteiger partial charge in [0.25, 0.3) is 5.91 Å². The van der Waals surface area contributed by atoms with Crippen LogP contribution in [-0.2, 0) is 0 Å². The lowest BCUT2D eigenvalue weighted by atomic mass is 10.1. The lowest BCUT2D eigenvalue weighted by molar-refractivity contribution is -0.919. The van der Waals surface area contributed by atoms with E-state index in [1.807, 2.05) is 24.3 Å². The highest BCUT2D eigenvalue weighted by Gasteiger charge is 2.30. The number of benzene rings is 1. The molecule has 2 N–H and O–H groups in total. The monoisotopic (exact) mass is 315 g/mol. The number of amides is 1. The first-order chi connectivity index (χ1) is 11.3. The number of likely N-dealkylation sites (tertiary alicyclic amines) is 1. The van der Waals surface area contributed by atoms with Gasteiger partial charge in [0.1, 0.15) is 5.75 Å². The fraction of sp³-hybridized carbons (Fsp3) is 0.389. The molecule has 1 atom stereocenters. The van der Waals surface area contributed by atoms with Crippen molar-refractivity contribution in [2.24, 2.45) is 0 Å². The predicted molar refractivity (Wildman–Crippen MR) is 86.7 cm³/mol. The van der Waals surface area contributed by atoms with Crippen LogP contribution in [0.25, 0.3) is 0 Å². The minimum atomic E-state index is -0.113. The van der Waals surface area contributed by atoms with E-state index in [1.54, 1.807) is 25.5 Å². The summed E-state index contributed by atoms with van der Waals surface area (Å²) in [5, 5.41) is 3.04. The third-order valence-corrected chi connectivity index (χ3v) is 4.44. The molecule has 5 heteroatoms. The Bertz CT molecular complexity index is 633. The molecule has 2 heterocycles. The topological polar surface area (TPSA) is 55.9 Å². The summed E-state index contributed by atoms with van der Waals surface area (Å²) in [5.41, 5.74) is 0.560. The van der Waals surface area contributed by atoms with Crippen LogP contribution >= 0.6 is 0 Å². The molecule has 1 aliphatic heterocycles. The summed E-state index contributed by atoms with van der Waals surface area (Å²) < 4.78 is 10.9. The van der Waals surface area contributed by atoms with E-state index in [4.69, 9.17) is 9.15 Å². The Kier molecular flexibility index (Phi) is 4.98. The molecule has 1 saturated heterocycles. The van der Waals surface area contributed by atoms with Gasteiger partial charge in [0.15, 0.2) is 11.8 Å². The van der Waals surface area contributed by atoms with Crippen LogP contribution in [0.4, 0.5) is 0 Å². The molecule has 0 spiro atoms. The van der Waals surface area contributed by atoms with E-state index in [1.165, 1.54) is 17.7 Å². The Balaban J connectivity index is 1.70. The Labute approximate surface area is 136 Å². The molecule has 23 heavy (non-hydrogen) atoms. The van der Waals surface area contributed by atoms with E-state index in [2.05, 4.69) is 5.32 Å². The number of carbonyl (C=O) groups excluding carboxylic acids is 1. The molecule has 3 rings (SSSR count). The zero-order valence-electron chi connectivity index (χ0n) is 13.4. The molecule has 2 aromatic rings. The van der Waals surface area contributed by atoms with E-state index in [0.717, 1.165) is 18.8 Å². The standard InChI is InChI=1S/C18H22N2O3/c1-22-16-8-3-2-7-14(16)18(21)19-13-15(17-9-6-12-23-17)20-10-4-5-11-20/h2-3,6-9,12,15H,4-5,10-11,13H2,1H3,(H,19,21)/p+1/t15-/m0/s1. The minimum absolute atomic E-state index is 0.113. The number of carbonyl (C=O) groups is 1. The average Bonchev–Trinajstić information content (AvgIpc) is 3.29. The van der Waals surface area contributed by atoms with Crippen LogP contribution in [0.2, 0.25) is 0 Å². The second-order valence-electron chi connectivity index (χ2n) is 5.84. The van der Waals surface area contributed by atoms with E-state index < -0.39 is 0 Å². The van der Waals surface area contributed by atoms with Gasteiger partial charge in [-0.3, -0.25) is 4.79 Å². The molecule has 0 radical (unpaired) electrons. The highest BCUT2D eigenvalue weighted by Crippen LogP contribution is 2.17. The number of hydrogen-bond acceptors (Lipinski definition) is 3. The van der Waals surface area contributed by atoms with Gasteiger partial charge in [-0.15, -0.1) is 0 Å². The van der Waals surface area contributed by atoms with Gasteiger partial charge in [0.2, 0.25) is 0 Å². The van der Waals surface area contributed by atoms with Crippen molar-refractivity contribution in [3.8, 4) is 5.75 Å². The third-order valence-electron chi connectivity index (χ3n) is 4.44. The molecule has 122 valence electrons. The quantitative estimate of drug-likeness (QED) is 0.848. The molecule has 0 saturated carbocycles. The van der Waals surface area contributed by atoms with Crippen molar-refractivity contribution in [3.05, 3.63) is 54.0 Å². The van der Waals surface area contributed by atoms with Crippen LogP contribution in [0.5, 0.6) is 5.75 Å². The average molecular weight is 315 g/mol. The van der Waals surface area contributed by atoms with Crippen molar-refractivity contribution in [1.29, 1.82) is 0 Å². The van der Waals surface area contributed by atoms with Crippen molar-refractivity contribution in [1.82, 2.24) is 5.32 Å². The molecule has 1 aromatic heterocycles. The molecule has 1 fully saturated rings. The Hall–Kier alpha value is -2.27. The minimum Gasteiger partial charge on any atom is -0.496 e. The van der Waals surface area contributed by atoms with Crippen molar-refractivity contribution >= 4 is 5.91 Å². The number of methoxy groups -OCH3 is 1. The van der Waals surface area contributed by atoms with Crippen molar-refractivity contribution in [2.75, 3.05) is 26.7 Å². The highest BCUT2D eigenvalue weighted by molar-refractivity contribution is 5.96. The number of rotatable bonds is 6. The Morgan fingerprint density at radius 2 is 2.04 bits per heavy atom. The predicted octanol–water partition coefficient (Wildman–Crippen LogP) is 1.44. The molecule has 5 nitrogen and oxygen atoms in total. The van der Waals surface area contributed by atoms with E-state index in [-0.39, 0.29) is 11.9 Å². The number of quaternary nitrogens is 1. The largest absolute Gasteiger partial charge is 0.496 e. The summed E-state index contributed by atoms with van der Waals surface area (Å²) in [6.07, 6.45) is 4.15. The first-order valence-electron chi connectivity index (χ1n) is 8.09. The summed E-state index contributed by atoms with van der Waals surface area (Å²) >= 11 is 0. The van der Waals surface area contributed by atoms with Crippen LogP contribution in [0.1, 0.15) is 35.0 Å². The zero-order chi connectivity index (χ0) is 16.1. The normalized spacial score (nSPS) is 16.2. The Morgan fingerprint density at radius 3 is 2.74 bits per heavy atom. The van der Waals surface area contributed by atoms with E-state index in [0.29, 0.717) is 17.9 Å². The van der Waals surface area contributed by atoms with Gasteiger partial charge in [-0.1, -0.05) is 12.1 Å². The SMILES string of the molecule is COc1ccccc1C(=O)NC[C@@H](c1ccco1)[NH+]1CCCC1. The first-order valence-corrected chi connectivity index (χ1v) is 8.09. The Morgan fingerprint density at radius 1 is 1.26 bits per heavy atom. The molecule has 1 amide bonds. The van der Waals surface area contributed by atoms with Crippen LogP contribution in [0, 0.1) is 0 Å². The molecule has 0 aliphatic carbocycles.